The molecule has 0 bridgehead atoms. The Morgan fingerprint density at radius 1 is 1.22 bits per heavy atom. The Balaban J connectivity index is 1.96. The van der Waals surface area contributed by atoms with Crippen LogP contribution in [0.15, 0.2) is 58.2 Å². The molecule has 0 amide bonds. The van der Waals surface area contributed by atoms with Crippen molar-refractivity contribution in [1.29, 1.82) is 10.9 Å². The standard InChI is InChI=1S/C14H16N4/c15-14(17-10-18-16)13-8-6-12(7-9-13)11-4-2-1-3-5-11/h1-4,6,8-12,15-16H,5,7H2/b15-14?,17-10-,18-16?. The average Bonchev–Trinajstić information content (AvgIpc) is 2.46. The van der Waals surface area contributed by atoms with E-state index in [0.717, 1.165) is 24.8 Å². The number of allylic oxidation sites excluding steroid dienone is 6. The molecule has 2 unspecified atom stereocenters. The van der Waals surface area contributed by atoms with Gasteiger partial charge in [-0.2, -0.15) is 0 Å². The Bertz CT molecular complexity index is 480. The first kappa shape index (κ1) is 12.4. The fourth-order valence-electron chi connectivity index (χ4n) is 2.21. The first-order valence-corrected chi connectivity index (χ1v) is 6.01. The molecule has 2 rings (SSSR count). The quantitative estimate of drug-likeness (QED) is 0.429. The van der Waals surface area contributed by atoms with Gasteiger partial charge >= 0.3 is 0 Å². The second-order valence-corrected chi connectivity index (χ2v) is 4.35. The summed E-state index contributed by atoms with van der Waals surface area (Å²) in [7, 11) is 0. The lowest BCUT2D eigenvalue weighted by Gasteiger charge is -2.23. The highest BCUT2D eigenvalue weighted by Gasteiger charge is 2.18. The van der Waals surface area contributed by atoms with E-state index in [2.05, 4.69) is 40.5 Å². The van der Waals surface area contributed by atoms with Gasteiger partial charge in [-0.25, -0.2) is 10.5 Å². The van der Waals surface area contributed by atoms with Crippen LogP contribution in [0.4, 0.5) is 0 Å². The van der Waals surface area contributed by atoms with Crippen LogP contribution < -0.4 is 0 Å². The molecule has 0 aromatic carbocycles. The van der Waals surface area contributed by atoms with Gasteiger partial charge in [0.25, 0.3) is 0 Å². The first-order valence-electron chi connectivity index (χ1n) is 6.01. The molecule has 4 nitrogen and oxygen atoms in total. The van der Waals surface area contributed by atoms with E-state index in [-0.39, 0.29) is 5.84 Å². The van der Waals surface area contributed by atoms with Crippen LogP contribution in [0.3, 0.4) is 0 Å². The molecule has 0 saturated carbocycles. The van der Waals surface area contributed by atoms with E-state index in [1.54, 1.807) is 0 Å². The van der Waals surface area contributed by atoms with Crippen molar-refractivity contribution in [1.82, 2.24) is 0 Å². The Hall–Kier alpha value is -2.10. The number of hydrogen-bond acceptors (Lipinski definition) is 2. The van der Waals surface area contributed by atoms with Crippen LogP contribution in [0, 0.1) is 22.8 Å². The van der Waals surface area contributed by atoms with Crippen LogP contribution >= 0.6 is 0 Å². The van der Waals surface area contributed by atoms with Gasteiger partial charge in [0.2, 0.25) is 0 Å². The van der Waals surface area contributed by atoms with E-state index in [1.807, 2.05) is 12.2 Å². The van der Waals surface area contributed by atoms with Gasteiger partial charge in [0.1, 0.15) is 6.34 Å². The highest BCUT2D eigenvalue weighted by molar-refractivity contribution is 6.02. The Morgan fingerprint density at radius 2 is 2.06 bits per heavy atom. The second-order valence-electron chi connectivity index (χ2n) is 4.35. The summed E-state index contributed by atoms with van der Waals surface area (Å²) < 4.78 is 0. The van der Waals surface area contributed by atoms with E-state index < -0.39 is 0 Å². The molecule has 92 valence electrons. The molecule has 0 fully saturated rings. The Kier molecular flexibility index (Phi) is 4.12. The Labute approximate surface area is 107 Å². The molecule has 2 aliphatic carbocycles. The van der Waals surface area contributed by atoms with Gasteiger partial charge in [0.05, 0.1) is 0 Å². The zero-order valence-electron chi connectivity index (χ0n) is 10.1. The highest BCUT2D eigenvalue weighted by Crippen LogP contribution is 2.29. The first-order chi connectivity index (χ1) is 8.81. The molecule has 0 aromatic heterocycles. The van der Waals surface area contributed by atoms with Crippen molar-refractivity contribution >= 4 is 12.2 Å². The summed E-state index contributed by atoms with van der Waals surface area (Å²) >= 11 is 0. The van der Waals surface area contributed by atoms with E-state index >= 15 is 0 Å². The zero-order chi connectivity index (χ0) is 12.8. The molecule has 0 spiro atoms. The second kappa shape index (κ2) is 6.00. The number of amidine groups is 1. The summed E-state index contributed by atoms with van der Waals surface area (Å²) in [5, 5.41) is 10.7. The van der Waals surface area contributed by atoms with Gasteiger partial charge in [-0.1, -0.05) is 42.5 Å². The van der Waals surface area contributed by atoms with Gasteiger partial charge in [-0.3, -0.25) is 5.41 Å². The lowest BCUT2D eigenvalue weighted by Crippen LogP contribution is -2.13. The van der Waals surface area contributed by atoms with Crippen molar-refractivity contribution in [2.24, 2.45) is 21.9 Å². The van der Waals surface area contributed by atoms with E-state index in [0.29, 0.717) is 11.8 Å². The van der Waals surface area contributed by atoms with Crippen LogP contribution in [0.1, 0.15) is 12.8 Å². The van der Waals surface area contributed by atoms with Crippen molar-refractivity contribution in [2.75, 3.05) is 0 Å². The summed E-state index contributed by atoms with van der Waals surface area (Å²) in [5.41, 5.74) is 7.41. The molecule has 4 heteroatoms. The number of aliphatic imine (C=N–C) groups is 1. The molecule has 0 aromatic rings. The number of nitrogens with one attached hydrogen (secondary N) is 2. The molecule has 2 aliphatic rings. The molecular formula is C14H16N4. The van der Waals surface area contributed by atoms with Crippen LogP contribution in [0.5, 0.6) is 0 Å². The zero-order valence-corrected chi connectivity index (χ0v) is 10.1. The number of nitrogens with zero attached hydrogens (tertiary/aromatic N) is 2. The molecule has 2 atom stereocenters. The van der Waals surface area contributed by atoms with Gasteiger partial charge < -0.3 is 0 Å². The van der Waals surface area contributed by atoms with Crippen LogP contribution in [-0.4, -0.2) is 12.2 Å². The monoisotopic (exact) mass is 240 g/mol. The molecule has 0 radical (unpaired) electrons. The highest BCUT2D eigenvalue weighted by atomic mass is 15.0. The molecule has 0 heterocycles. The van der Waals surface area contributed by atoms with E-state index in [4.69, 9.17) is 10.9 Å². The van der Waals surface area contributed by atoms with Gasteiger partial charge in [-0.05, 0) is 24.7 Å². The third-order valence-corrected chi connectivity index (χ3v) is 3.21. The van der Waals surface area contributed by atoms with Crippen molar-refractivity contribution in [3.63, 3.8) is 0 Å². The minimum absolute atomic E-state index is 0.166. The normalized spacial score (nSPS) is 26.3. The van der Waals surface area contributed by atoms with Crippen LogP contribution in [0.25, 0.3) is 0 Å². The third kappa shape index (κ3) is 2.97. The number of hydrogen-bond donors (Lipinski definition) is 2. The maximum atomic E-state index is 7.71. The smallest absolute Gasteiger partial charge is 0.153 e. The average molecular weight is 240 g/mol. The molecule has 2 N–H and O–H groups in total. The van der Waals surface area contributed by atoms with Crippen molar-refractivity contribution in [3.05, 3.63) is 48.1 Å². The van der Waals surface area contributed by atoms with Gasteiger partial charge in [-0.15, -0.1) is 5.11 Å². The predicted octanol–water partition coefficient (Wildman–Crippen LogP) is 3.66. The fraction of sp³-hybridized carbons (Fsp3) is 0.286. The molecule has 18 heavy (non-hydrogen) atoms. The minimum Gasteiger partial charge on any atom is -0.282 e. The largest absolute Gasteiger partial charge is 0.282 e. The summed E-state index contributed by atoms with van der Waals surface area (Å²) in [6.45, 7) is 0. The maximum absolute atomic E-state index is 7.71. The topological polar surface area (TPSA) is 72.4 Å². The van der Waals surface area contributed by atoms with E-state index in [9.17, 15) is 0 Å². The summed E-state index contributed by atoms with van der Waals surface area (Å²) in [4.78, 5) is 3.76. The molecule has 0 aliphatic heterocycles. The van der Waals surface area contributed by atoms with E-state index in [1.165, 1.54) is 0 Å². The van der Waals surface area contributed by atoms with Gasteiger partial charge in [0, 0.05) is 5.57 Å². The summed E-state index contributed by atoms with van der Waals surface area (Å²) in [6, 6.07) is 0. The fourth-order valence-corrected chi connectivity index (χ4v) is 2.21. The molecule has 0 saturated heterocycles. The summed E-state index contributed by atoms with van der Waals surface area (Å²) in [5.74, 6) is 1.23. The SMILES string of the molecule is N=N/C=N\C(=N)C1=CCC(C2C=CC=CC2)C=C1. The maximum Gasteiger partial charge on any atom is 0.153 e. The van der Waals surface area contributed by atoms with Gasteiger partial charge in [0.15, 0.2) is 5.84 Å². The van der Waals surface area contributed by atoms with Crippen LogP contribution in [-0.2, 0) is 0 Å². The van der Waals surface area contributed by atoms with Crippen LogP contribution in [0.2, 0.25) is 0 Å². The number of rotatable bonds is 3. The molecular weight excluding hydrogens is 224 g/mol. The lowest BCUT2D eigenvalue weighted by molar-refractivity contribution is 0.477. The van der Waals surface area contributed by atoms with Crippen molar-refractivity contribution < 1.29 is 0 Å². The lowest BCUT2D eigenvalue weighted by atomic mass is 9.82. The Morgan fingerprint density at radius 3 is 2.67 bits per heavy atom. The van der Waals surface area contributed by atoms with Crippen molar-refractivity contribution in [3.8, 4) is 0 Å². The third-order valence-electron chi connectivity index (χ3n) is 3.21. The predicted molar refractivity (Wildman–Crippen MR) is 73.1 cm³/mol. The minimum atomic E-state index is 0.166. The summed E-state index contributed by atoms with van der Waals surface area (Å²) in [6.07, 6.45) is 17.9. The van der Waals surface area contributed by atoms with Crippen molar-refractivity contribution in [2.45, 2.75) is 12.8 Å².